The zero-order chi connectivity index (χ0) is 20.8. The number of rotatable bonds is 4. The lowest BCUT2D eigenvalue weighted by atomic mass is 10.1. The van der Waals surface area contributed by atoms with Gasteiger partial charge >= 0.3 is 11.9 Å². The maximum Gasteiger partial charge on any atom is 0.332 e. The molecular weight excluding hydrogens is 354 g/mol. The topological polar surface area (TPSA) is 68.5 Å². The molecule has 0 atom stereocenters. The van der Waals surface area contributed by atoms with E-state index in [1.165, 1.54) is 7.11 Å². The Labute approximate surface area is 163 Å². The molecule has 28 heavy (non-hydrogen) atoms. The van der Waals surface area contributed by atoms with Gasteiger partial charge < -0.3 is 14.4 Å². The van der Waals surface area contributed by atoms with E-state index in [4.69, 9.17) is 5.11 Å². The summed E-state index contributed by atoms with van der Waals surface area (Å²) < 4.78 is 6.28. The van der Waals surface area contributed by atoms with Crippen LogP contribution in [0.5, 0.6) is 0 Å². The number of hydrogen-bond donors (Lipinski definition) is 1. The van der Waals surface area contributed by atoms with E-state index in [0.29, 0.717) is 11.1 Å². The highest BCUT2D eigenvalue weighted by molar-refractivity contribution is 6.12. The van der Waals surface area contributed by atoms with Crippen molar-refractivity contribution in [1.29, 1.82) is 0 Å². The molecular formula is C23H23NO4. The molecule has 0 amide bonds. The molecule has 0 aliphatic heterocycles. The van der Waals surface area contributed by atoms with Crippen molar-refractivity contribution < 1.29 is 19.4 Å². The molecule has 2 aromatic carbocycles. The first kappa shape index (κ1) is 20.7. The molecule has 0 unspecified atom stereocenters. The fourth-order valence-electron chi connectivity index (χ4n) is 2.85. The van der Waals surface area contributed by atoms with Crippen LogP contribution in [0.15, 0.2) is 66.8 Å². The molecule has 1 aromatic heterocycles. The van der Waals surface area contributed by atoms with Crippen LogP contribution in [-0.2, 0) is 14.3 Å². The molecule has 0 saturated heterocycles. The molecule has 0 fully saturated rings. The highest BCUT2D eigenvalue weighted by atomic mass is 16.5. The lowest BCUT2D eigenvalue weighted by Gasteiger charge is -2.04. The van der Waals surface area contributed by atoms with Crippen LogP contribution in [0.4, 0.5) is 0 Å². The van der Waals surface area contributed by atoms with E-state index >= 15 is 0 Å². The summed E-state index contributed by atoms with van der Waals surface area (Å²) in [5.74, 6) is -1.26. The number of nitrogens with zero attached hydrogens (tertiary/aromatic N) is 1. The molecule has 1 heterocycles. The van der Waals surface area contributed by atoms with Crippen LogP contribution in [-0.4, -0.2) is 28.7 Å². The van der Waals surface area contributed by atoms with Gasteiger partial charge in [0.15, 0.2) is 0 Å². The van der Waals surface area contributed by atoms with E-state index in [1.807, 2.05) is 41.0 Å². The minimum absolute atomic E-state index is 0.309. The van der Waals surface area contributed by atoms with Gasteiger partial charge in [-0.15, -0.1) is 0 Å². The van der Waals surface area contributed by atoms with E-state index in [9.17, 15) is 9.59 Å². The molecule has 3 aromatic rings. The van der Waals surface area contributed by atoms with Crippen molar-refractivity contribution in [3.63, 3.8) is 0 Å². The minimum atomic E-state index is -0.909. The first-order valence-corrected chi connectivity index (χ1v) is 8.61. The van der Waals surface area contributed by atoms with Gasteiger partial charge in [-0.3, -0.25) is 0 Å². The fraction of sp³-hybridized carbons (Fsp3) is 0.130. The summed E-state index contributed by atoms with van der Waals surface area (Å²) in [6.07, 6.45) is 3.46. The molecule has 144 valence electrons. The summed E-state index contributed by atoms with van der Waals surface area (Å²) in [7, 11) is 1.33. The molecule has 5 heteroatoms. The predicted octanol–water partition coefficient (Wildman–Crippen LogP) is 5.12. The number of esters is 1. The van der Waals surface area contributed by atoms with Crippen molar-refractivity contribution in [2.45, 2.75) is 13.8 Å². The summed E-state index contributed by atoms with van der Waals surface area (Å²) in [6, 6.07) is 14.0. The van der Waals surface area contributed by atoms with Gasteiger partial charge in [0.2, 0.25) is 0 Å². The second kappa shape index (κ2) is 8.86. The second-order valence-electron chi connectivity index (χ2n) is 6.22. The minimum Gasteiger partial charge on any atom is -0.478 e. The third-order valence-corrected chi connectivity index (χ3v) is 4.19. The Kier molecular flexibility index (Phi) is 6.55. The Morgan fingerprint density at radius 2 is 1.71 bits per heavy atom. The lowest BCUT2D eigenvalue weighted by Crippen LogP contribution is -1.98. The number of carboxylic acid groups (broad SMARTS) is 1. The van der Waals surface area contributed by atoms with Crippen molar-refractivity contribution in [2.75, 3.05) is 7.11 Å². The largest absolute Gasteiger partial charge is 0.478 e. The summed E-state index contributed by atoms with van der Waals surface area (Å²) in [5, 5.41) is 11.3. The number of carbonyl (C=O) groups is 2. The second-order valence-corrected chi connectivity index (χ2v) is 6.22. The van der Waals surface area contributed by atoms with Crippen LogP contribution in [0.1, 0.15) is 19.4 Å². The van der Waals surface area contributed by atoms with Gasteiger partial charge in [0.1, 0.15) is 0 Å². The Morgan fingerprint density at radius 3 is 2.25 bits per heavy atom. The van der Waals surface area contributed by atoms with Crippen LogP contribution in [0.25, 0.3) is 34.1 Å². The average Bonchev–Trinajstić information content (AvgIpc) is 3.02. The van der Waals surface area contributed by atoms with E-state index in [2.05, 4.69) is 24.0 Å². The average molecular weight is 377 g/mol. The smallest absolute Gasteiger partial charge is 0.332 e. The Morgan fingerprint density at radius 1 is 1.07 bits per heavy atom. The molecule has 3 rings (SSSR count). The lowest BCUT2D eigenvalue weighted by molar-refractivity contribution is -0.136. The Balaban J connectivity index is 0.000000345. The summed E-state index contributed by atoms with van der Waals surface area (Å²) >= 11 is 0. The van der Waals surface area contributed by atoms with Gasteiger partial charge in [0.25, 0.3) is 0 Å². The summed E-state index contributed by atoms with van der Waals surface area (Å²) in [4.78, 5) is 21.3. The van der Waals surface area contributed by atoms with Gasteiger partial charge in [0, 0.05) is 28.1 Å². The Bertz CT molecular complexity index is 1100. The zero-order valence-electron chi connectivity index (χ0n) is 16.2. The monoisotopic (exact) mass is 377 g/mol. The van der Waals surface area contributed by atoms with Crippen molar-refractivity contribution in [3.8, 4) is 0 Å². The van der Waals surface area contributed by atoms with E-state index in [-0.39, 0.29) is 5.97 Å². The van der Waals surface area contributed by atoms with E-state index < -0.39 is 5.97 Å². The van der Waals surface area contributed by atoms with E-state index in [0.717, 1.165) is 27.4 Å². The van der Waals surface area contributed by atoms with Crippen LogP contribution < -0.4 is 0 Å². The highest BCUT2D eigenvalue weighted by Crippen LogP contribution is 2.32. The molecule has 1 N–H and O–H groups in total. The van der Waals surface area contributed by atoms with E-state index in [1.54, 1.807) is 26.1 Å². The number of hydrogen-bond acceptors (Lipinski definition) is 3. The first-order valence-electron chi connectivity index (χ1n) is 8.61. The third-order valence-electron chi connectivity index (χ3n) is 4.19. The molecule has 0 bridgehead atoms. The van der Waals surface area contributed by atoms with Crippen molar-refractivity contribution in [2.24, 2.45) is 0 Å². The zero-order valence-corrected chi connectivity index (χ0v) is 16.2. The summed E-state index contributed by atoms with van der Waals surface area (Å²) in [6.45, 7) is 10.4. The van der Waals surface area contributed by atoms with Crippen molar-refractivity contribution in [3.05, 3.63) is 72.3 Å². The SMILES string of the molecule is C=C(C)C(=O)OC.C=Cn1c2ccccc2c2cccc(C=C(C)C(=O)O)c21. The van der Waals surface area contributed by atoms with Gasteiger partial charge in [-0.05, 0) is 31.6 Å². The number of fused-ring (bicyclic) bond motifs is 3. The molecule has 0 aliphatic rings. The number of methoxy groups -OCH3 is 1. The van der Waals surface area contributed by atoms with Gasteiger partial charge in [-0.25, -0.2) is 9.59 Å². The fourth-order valence-corrected chi connectivity index (χ4v) is 2.85. The highest BCUT2D eigenvalue weighted by Gasteiger charge is 2.11. The number of para-hydroxylation sites is 2. The summed E-state index contributed by atoms with van der Waals surface area (Å²) in [5.41, 5.74) is 3.67. The third kappa shape index (κ3) is 4.20. The molecule has 0 spiro atoms. The molecule has 0 radical (unpaired) electrons. The first-order chi connectivity index (χ1) is 13.3. The number of benzene rings is 2. The normalized spacial score (nSPS) is 10.9. The number of carbonyl (C=O) groups excluding carboxylic acids is 1. The van der Waals surface area contributed by atoms with Crippen LogP contribution in [0.3, 0.4) is 0 Å². The van der Waals surface area contributed by atoms with Crippen molar-refractivity contribution in [1.82, 2.24) is 4.57 Å². The Hall–Kier alpha value is -3.60. The molecule has 5 nitrogen and oxygen atoms in total. The van der Waals surface area contributed by atoms with Crippen LogP contribution in [0, 0.1) is 0 Å². The standard InChI is InChI=1S/C18H15NO2.C5H8O2/c1-3-19-16-10-5-4-8-14(16)15-9-6-7-13(17(15)19)11-12(2)18(20)21;1-4(2)5(6)7-3/h3-11H,1H2,2H3,(H,20,21);1H2,2-3H3. The number of aliphatic carboxylic acids is 1. The van der Waals surface area contributed by atoms with Crippen molar-refractivity contribution >= 4 is 46.0 Å². The van der Waals surface area contributed by atoms with Gasteiger partial charge in [-0.2, -0.15) is 0 Å². The van der Waals surface area contributed by atoms with Gasteiger partial charge in [-0.1, -0.05) is 49.6 Å². The maximum absolute atomic E-state index is 11.1. The van der Waals surface area contributed by atoms with Crippen LogP contribution >= 0.6 is 0 Å². The number of aromatic nitrogens is 1. The number of carboxylic acids is 1. The quantitative estimate of drug-likeness (QED) is 0.506. The predicted molar refractivity (Wildman–Crippen MR) is 114 cm³/mol. The molecule has 0 saturated carbocycles. The number of ether oxygens (including phenoxy) is 1. The van der Waals surface area contributed by atoms with Crippen LogP contribution in [0.2, 0.25) is 0 Å². The molecule has 0 aliphatic carbocycles. The maximum atomic E-state index is 11.1. The van der Waals surface area contributed by atoms with Gasteiger partial charge in [0.05, 0.1) is 18.1 Å².